The number of hydrogen-bond donors (Lipinski definition) is 1. The highest BCUT2D eigenvalue weighted by molar-refractivity contribution is 5.26. The Bertz CT molecular complexity index is 819. The highest BCUT2D eigenvalue weighted by Gasteiger charge is 2.30. The van der Waals surface area contributed by atoms with Crippen LogP contribution in [0.1, 0.15) is 68.1 Å². The Labute approximate surface area is 188 Å². The number of aryl methyl sites for hydroxylation is 1. The molecule has 1 aliphatic carbocycles. The Morgan fingerprint density at radius 3 is 2.61 bits per heavy atom. The van der Waals surface area contributed by atoms with Crippen LogP contribution in [0.3, 0.4) is 0 Å². The van der Waals surface area contributed by atoms with Crippen LogP contribution in [0, 0.1) is 0 Å². The van der Waals surface area contributed by atoms with Crippen molar-refractivity contribution >= 4 is 0 Å². The number of fused-ring (bicyclic) bond motifs is 2. The zero-order valence-corrected chi connectivity index (χ0v) is 19.4. The van der Waals surface area contributed by atoms with Crippen LogP contribution in [0.15, 0.2) is 36.7 Å². The molecule has 1 aliphatic heterocycles. The molecule has 0 saturated heterocycles. The van der Waals surface area contributed by atoms with Gasteiger partial charge in [0.15, 0.2) is 0 Å². The fourth-order valence-electron chi connectivity index (χ4n) is 5.29. The van der Waals surface area contributed by atoms with Gasteiger partial charge < -0.3 is 10.2 Å². The quantitative estimate of drug-likeness (QED) is 0.588. The second-order valence-electron chi connectivity index (χ2n) is 9.08. The van der Waals surface area contributed by atoms with Gasteiger partial charge in [-0.15, -0.1) is 0 Å². The van der Waals surface area contributed by atoms with Crippen molar-refractivity contribution in [2.45, 2.75) is 71.0 Å². The fraction of sp³-hybridized carbons (Fsp3) is 0.615. The van der Waals surface area contributed by atoms with Crippen LogP contribution in [0.5, 0.6) is 0 Å². The van der Waals surface area contributed by atoms with Crippen molar-refractivity contribution < 1.29 is 0 Å². The number of unbranched alkanes of at least 4 members (excludes halogenated alkanes) is 1. The van der Waals surface area contributed by atoms with Crippen molar-refractivity contribution in [3.05, 3.63) is 59.2 Å². The molecule has 1 N–H and O–H groups in total. The lowest BCUT2D eigenvalue weighted by Crippen LogP contribution is -2.47. The Morgan fingerprint density at radius 2 is 1.77 bits per heavy atom. The van der Waals surface area contributed by atoms with Gasteiger partial charge in [-0.05, 0) is 81.5 Å². The predicted octanol–water partition coefficient (Wildman–Crippen LogP) is 3.99. The maximum Gasteiger partial charge on any atom is 0.0607 e. The van der Waals surface area contributed by atoms with E-state index >= 15 is 0 Å². The molecule has 31 heavy (non-hydrogen) atoms. The Balaban J connectivity index is 1.44. The predicted molar refractivity (Wildman–Crippen MR) is 127 cm³/mol. The van der Waals surface area contributed by atoms with Crippen molar-refractivity contribution in [2.75, 3.05) is 32.7 Å². The lowest BCUT2D eigenvalue weighted by molar-refractivity contribution is 0.148. The second-order valence-corrected chi connectivity index (χ2v) is 9.08. The number of nitrogens with zero attached hydrogens (tertiary/aromatic N) is 4. The third-order valence-electron chi connectivity index (χ3n) is 7.13. The topological polar surface area (TPSA) is 44.3 Å². The normalized spacial score (nSPS) is 20.6. The van der Waals surface area contributed by atoms with E-state index in [1.807, 2.05) is 18.5 Å². The lowest BCUT2D eigenvalue weighted by Gasteiger charge is -2.38. The zero-order chi connectivity index (χ0) is 21.5. The summed E-state index contributed by atoms with van der Waals surface area (Å²) in [5.74, 6) is 0. The smallest absolute Gasteiger partial charge is 0.0607 e. The van der Waals surface area contributed by atoms with Gasteiger partial charge in [0.05, 0.1) is 11.7 Å². The van der Waals surface area contributed by atoms with Gasteiger partial charge in [0.2, 0.25) is 0 Å². The first-order valence-electron chi connectivity index (χ1n) is 12.3. The van der Waals surface area contributed by atoms with Crippen LogP contribution in [0.4, 0.5) is 0 Å². The summed E-state index contributed by atoms with van der Waals surface area (Å²) >= 11 is 0. The molecule has 0 aromatic carbocycles. The summed E-state index contributed by atoms with van der Waals surface area (Å²) in [6, 6.07) is 9.54. The van der Waals surface area contributed by atoms with Crippen LogP contribution < -0.4 is 5.32 Å². The summed E-state index contributed by atoms with van der Waals surface area (Å²) in [4.78, 5) is 14.8. The molecule has 0 unspecified atom stereocenters. The van der Waals surface area contributed by atoms with Crippen LogP contribution in [0.25, 0.3) is 0 Å². The van der Waals surface area contributed by atoms with Crippen molar-refractivity contribution in [1.29, 1.82) is 0 Å². The van der Waals surface area contributed by atoms with Crippen molar-refractivity contribution in [2.24, 2.45) is 0 Å². The molecule has 0 amide bonds. The first-order valence-corrected chi connectivity index (χ1v) is 12.3. The number of nitrogens with one attached hydrogen (secondary N) is 1. The molecular weight excluding hydrogens is 382 g/mol. The van der Waals surface area contributed by atoms with Gasteiger partial charge in [-0.2, -0.15) is 0 Å². The molecule has 2 aliphatic rings. The first kappa shape index (κ1) is 22.4. The molecule has 5 heteroatoms. The summed E-state index contributed by atoms with van der Waals surface area (Å²) in [7, 11) is 0. The molecule has 0 fully saturated rings. The summed E-state index contributed by atoms with van der Waals surface area (Å²) < 4.78 is 0. The van der Waals surface area contributed by atoms with Gasteiger partial charge >= 0.3 is 0 Å². The monoisotopic (exact) mass is 421 g/mol. The zero-order valence-electron chi connectivity index (χ0n) is 19.4. The van der Waals surface area contributed by atoms with Crippen molar-refractivity contribution in [3.63, 3.8) is 0 Å². The van der Waals surface area contributed by atoms with Crippen molar-refractivity contribution in [1.82, 2.24) is 25.1 Å². The maximum absolute atomic E-state index is 4.85. The molecule has 0 spiro atoms. The molecule has 2 aromatic heterocycles. The minimum atomic E-state index is 0.449. The van der Waals surface area contributed by atoms with E-state index in [9.17, 15) is 0 Å². The van der Waals surface area contributed by atoms with Gasteiger partial charge in [0, 0.05) is 43.6 Å². The van der Waals surface area contributed by atoms with Crippen LogP contribution in [-0.2, 0) is 19.4 Å². The van der Waals surface area contributed by atoms with Crippen LogP contribution >= 0.6 is 0 Å². The molecule has 0 radical (unpaired) electrons. The Hall–Kier alpha value is -1.82. The second kappa shape index (κ2) is 11.2. The van der Waals surface area contributed by atoms with E-state index in [0.29, 0.717) is 12.1 Å². The maximum atomic E-state index is 4.85. The van der Waals surface area contributed by atoms with E-state index in [1.165, 1.54) is 61.2 Å². The molecule has 4 rings (SSSR count). The minimum absolute atomic E-state index is 0.449. The highest BCUT2D eigenvalue weighted by Crippen LogP contribution is 2.33. The van der Waals surface area contributed by atoms with Gasteiger partial charge in [-0.1, -0.05) is 26.0 Å². The summed E-state index contributed by atoms with van der Waals surface area (Å²) in [5, 5.41) is 3.79. The van der Waals surface area contributed by atoms with Crippen LogP contribution in [-0.4, -0.2) is 58.5 Å². The lowest BCUT2D eigenvalue weighted by atomic mass is 9.90. The number of aromatic nitrogens is 2. The Morgan fingerprint density at radius 1 is 1.00 bits per heavy atom. The van der Waals surface area contributed by atoms with E-state index in [4.69, 9.17) is 4.98 Å². The average molecular weight is 422 g/mol. The first-order chi connectivity index (χ1) is 15.3. The minimum Gasteiger partial charge on any atom is -0.308 e. The third-order valence-corrected chi connectivity index (χ3v) is 7.13. The third kappa shape index (κ3) is 5.71. The van der Waals surface area contributed by atoms with E-state index in [2.05, 4.69) is 52.1 Å². The summed E-state index contributed by atoms with van der Waals surface area (Å²) in [5.41, 5.74) is 5.41. The molecule has 2 aromatic rings. The standard InChI is InChI=1S/C26H39N5/c1-3-30(4-2)16-5-6-17-31(25-13-7-10-21-11-8-15-28-26(21)25)20-23-18-24-22(19-29-23)12-9-14-27-24/h8-9,11-12,14-15,23,25,29H,3-7,10,13,16-20H2,1-2H3/t23-,25+/m1/s1. The van der Waals surface area contributed by atoms with Crippen LogP contribution in [0.2, 0.25) is 0 Å². The van der Waals surface area contributed by atoms with Gasteiger partial charge in [-0.25, -0.2) is 0 Å². The SMILES string of the molecule is CCN(CC)CCCCN(C[C@H]1Cc2ncccc2CN1)[C@H]1CCCc2cccnc21. The average Bonchev–Trinajstić information content (AvgIpc) is 2.83. The molecule has 5 nitrogen and oxygen atoms in total. The van der Waals surface area contributed by atoms with Crippen molar-refractivity contribution in [3.8, 4) is 0 Å². The van der Waals surface area contributed by atoms with E-state index in [1.54, 1.807) is 0 Å². The van der Waals surface area contributed by atoms with Gasteiger partial charge in [-0.3, -0.25) is 14.9 Å². The number of hydrogen-bond acceptors (Lipinski definition) is 5. The number of rotatable bonds is 10. The summed E-state index contributed by atoms with van der Waals surface area (Å²) in [6.07, 6.45) is 11.1. The molecule has 168 valence electrons. The summed E-state index contributed by atoms with van der Waals surface area (Å²) in [6.45, 7) is 11.2. The Kier molecular flexibility index (Phi) is 8.06. The molecule has 0 bridgehead atoms. The largest absolute Gasteiger partial charge is 0.308 e. The molecule has 0 saturated carbocycles. The van der Waals surface area contributed by atoms with E-state index in [0.717, 1.165) is 39.1 Å². The van der Waals surface area contributed by atoms with Gasteiger partial charge in [0.1, 0.15) is 0 Å². The highest BCUT2D eigenvalue weighted by atomic mass is 15.2. The van der Waals surface area contributed by atoms with Gasteiger partial charge in [0.25, 0.3) is 0 Å². The van der Waals surface area contributed by atoms with E-state index < -0.39 is 0 Å². The molecule has 3 heterocycles. The number of pyridine rings is 2. The van der Waals surface area contributed by atoms with E-state index in [-0.39, 0.29) is 0 Å². The molecular formula is C26H39N5. The fourth-order valence-corrected chi connectivity index (χ4v) is 5.29. The molecule has 2 atom stereocenters.